The molecular formula is C14H19N3O. The maximum atomic E-state index is 9.68. The normalized spacial score (nSPS) is 17.6. The first-order valence-electron chi connectivity index (χ1n) is 6.47. The van der Waals surface area contributed by atoms with Crippen molar-refractivity contribution >= 4 is 16.7 Å². The van der Waals surface area contributed by atoms with Gasteiger partial charge in [-0.3, -0.25) is 0 Å². The summed E-state index contributed by atoms with van der Waals surface area (Å²) in [5.41, 5.74) is 8.44. The third kappa shape index (κ3) is 1.52. The summed E-state index contributed by atoms with van der Waals surface area (Å²) < 4.78 is 2.23. The number of aromatic nitrogens is 2. The Morgan fingerprint density at radius 2 is 2.17 bits per heavy atom. The fourth-order valence-corrected chi connectivity index (χ4v) is 2.60. The molecule has 1 aromatic heterocycles. The molecule has 1 fully saturated rings. The van der Waals surface area contributed by atoms with Crippen molar-refractivity contribution in [2.24, 2.45) is 0 Å². The Bertz CT molecular complexity index is 596. The number of hydrogen-bond donors (Lipinski definition) is 2. The molecule has 0 spiro atoms. The van der Waals surface area contributed by atoms with Crippen molar-refractivity contribution in [2.45, 2.75) is 38.1 Å². The summed E-state index contributed by atoms with van der Waals surface area (Å²) in [6.45, 7) is 4.45. The van der Waals surface area contributed by atoms with Crippen molar-refractivity contribution in [3.05, 3.63) is 24.0 Å². The molecule has 1 aliphatic carbocycles. The van der Waals surface area contributed by atoms with E-state index in [4.69, 9.17) is 10.7 Å². The summed E-state index contributed by atoms with van der Waals surface area (Å²) in [5, 5.41) is 9.68. The first-order chi connectivity index (χ1) is 8.57. The fourth-order valence-electron chi connectivity index (χ4n) is 2.60. The molecule has 1 heterocycles. The standard InChI is InChI=1S/C14H19N3O/c1-9(2)13-16-11-7-10(15)3-4-12(11)17(13)14(8-18)5-6-14/h3-4,7,9,18H,5-6,8,15H2,1-2H3. The van der Waals surface area contributed by atoms with Gasteiger partial charge in [0.2, 0.25) is 0 Å². The van der Waals surface area contributed by atoms with Gasteiger partial charge < -0.3 is 15.4 Å². The van der Waals surface area contributed by atoms with Crippen LogP contribution in [-0.2, 0) is 5.54 Å². The molecule has 0 unspecified atom stereocenters. The lowest BCUT2D eigenvalue weighted by Gasteiger charge is -2.20. The highest BCUT2D eigenvalue weighted by Crippen LogP contribution is 2.46. The van der Waals surface area contributed by atoms with E-state index >= 15 is 0 Å². The minimum atomic E-state index is -0.121. The van der Waals surface area contributed by atoms with Gasteiger partial charge in [0.05, 0.1) is 23.2 Å². The Hall–Kier alpha value is -1.55. The van der Waals surface area contributed by atoms with Gasteiger partial charge in [0.25, 0.3) is 0 Å². The second-order valence-electron chi connectivity index (χ2n) is 5.59. The number of hydrogen-bond acceptors (Lipinski definition) is 3. The van der Waals surface area contributed by atoms with E-state index in [1.54, 1.807) is 0 Å². The Labute approximate surface area is 106 Å². The number of nitrogen functional groups attached to an aromatic ring is 1. The molecule has 18 heavy (non-hydrogen) atoms. The van der Waals surface area contributed by atoms with Crippen LogP contribution in [0.15, 0.2) is 18.2 Å². The summed E-state index contributed by atoms with van der Waals surface area (Å²) in [6.07, 6.45) is 2.05. The summed E-state index contributed by atoms with van der Waals surface area (Å²) in [4.78, 5) is 4.70. The number of fused-ring (bicyclic) bond motifs is 1. The van der Waals surface area contributed by atoms with Gasteiger partial charge in [-0.05, 0) is 31.0 Å². The Balaban J connectivity index is 2.29. The van der Waals surface area contributed by atoms with Gasteiger partial charge in [-0.1, -0.05) is 13.8 Å². The number of benzene rings is 1. The summed E-state index contributed by atoms with van der Waals surface area (Å²) in [5.74, 6) is 1.38. The zero-order valence-electron chi connectivity index (χ0n) is 10.8. The Morgan fingerprint density at radius 1 is 1.44 bits per heavy atom. The first-order valence-corrected chi connectivity index (χ1v) is 6.47. The lowest BCUT2D eigenvalue weighted by Crippen LogP contribution is -2.24. The van der Waals surface area contributed by atoms with E-state index in [0.717, 1.165) is 35.4 Å². The zero-order valence-corrected chi connectivity index (χ0v) is 10.8. The average Bonchev–Trinajstić information content (AvgIpc) is 3.03. The van der Waals surface area contributed by atoms with Crippen molar-refractivity contribution in [3.8, 4) is 0 Å². The zero-order chi connectivity index (χ0) is 12.9. The van der Waals surface area contributed by atoms with Gasteiger partial charge in [0.1, 0.15) is 5.82 Å². The number of nitrogens with two attached hydrogens (primary N) is 1. The lowest BCUT2D eigenvalue weighted by molar-refractivity contribution is 0.212. The van der Waals surface area contributed by atoms with E-state index in [1.165, 1.54) is 0 Å². The highest BCUT2D eigenvalue weighted by molar-refractivity contribution is 5.80. The third-order valence-corrected chi connectivity index (χ3v) is 3.82. The van der Waals surface area contributed by atoms with Crippen LogP contribution in [0.3, 0.4) is 0 Å². The van der Waals surface area contributed by atoms with E-state index in [0.29, 0.717) is 5.92 Å². The molecule has 0 aliphatic heterocycles. The molecule has 1 aliphatic rings. The van der Waals surface area contributed by atoms with Gasteiger partial charge in [0.15, 0.2) is 0 Å². The third-order valence-electron chi connectivity index (χ3n) is 3.82. The van der Waals surface area contributed by atoms with Crippen LogP contribution in [0.1, 0.15) is 38.4 Å². The van der Waals surface area contributed by atoms with Crippen LogP contribution in [0.25, 0.3) is 11.0 Å². The van der Waals surface area contributed by atoms with Crippen LogP contribution >= 0.6 is 0 Å². The van der Waals surface area contributed by atoms with Crippen LogP contribution in [0.4, 0.5) is 5.69 Å². The van der Waals surface area contributed by atoms with E-state index in [9.17, 15) is 5.11 Å². The Kier molecular flexibility index (Phi) is 2.38. The number of imidazole rings is 1. The molecular weight excluding hydrogens is 226 g/mol. The van der Waals surface area contributed by atoms with Gasteiger partial charge >= 0.3 is 0 Å². The predicted octanol–water partition coefficient (Wildman–Crippen LogP) is 2.22. The molecule has 4 nitrogen and oxygen atoms in total. The number of rotatable bonds is 3. The summed E-state index contributed by atoms with van der Waals surface area (Å²) >= 11 is 0. The van der Waals surface area contributed by atoms with E-state index < -0.39 is 0 Å². The van der Waals surface area contributed by atoms with Crippen LogP contribution in [0.2, 0.25) is 0 Å². The van der Waals surface area contributed by atoms with Gasteiger partial charge in [-0.2, -0.15) is 0 Å². The maximum Gasteiger partial charge on any atom is 0.113 e. The molecule has 0 atom stereocenters. The van der Waals surface area contributed by atoms with Gasteiger partial charge in [-0.15, -0.1) is 0 Å². The minimum Gasteiger partial charge on any atom is -0.399 e. The van der Waals surface area contributed by atoms with E-state index in [2.05, 4.69) is 18.4 Å². The van der Waals surface area contributed by atoms with Crippen LogP contribution < -0.4 is 5.73 Å². The number of nitrogens with zero attached hydrogens (tertiary/aromatic N) is 2. The van der Waals surface area contributed by atoms with Crippen molar-refractivity contribution < 1.29 is 5.11 Å². The van der Waals surface area contributed by atoms with Gasteiger partial charge in [0, 0.05) is 11.6 Å². The monoisotopic (exact) mass is 245 g/mol. The van der Waals surface area contributed by atoms with Crippen molar-refractivity contribution in [1.29, 1.82) is 0 Å². The SMILES string of the molecule is CC(C)c1nc2cc(N)ccc2n1C1(CO)CC1. The molecule has 0 bridgehead atoms. The number of aliphatic hydroxyl groups excluding tert-OH is 1. The van der Waals surface area contributed by atoms with Crippen LogP contribution in [-0.4, -0.2) is 21.3 Å². The molecule has 96 valence electrons. The number of anilines is 1. The highest BCUT2D eigenvalue weighted by atomic mass is 16.3. The van der Waals surface area contributed by atoms with E-state index in [1.807, 2.05) is 18.2 Å². The lowest BCUT2D eigenvalue weighted by atomic mass is 10.1. The molecule has 1 aromatic carbocycles. The van der Waals surface area contributed by atoms with Crippen LogP contribution in [0, 0.1) is 0 Å². The minimum absolute atomic E-state index is 0.121. The van der Waals surface area contributed by atoms with E-state index in [-0.39, 0.29) is 12.1 Å². The quantitative estimate of drug-likeness (QED) is 0.815. The van der Waals surface area contributed by atoms with Crippen molar-refractivity contribution in [2.75, 3.05) is 12.3 Å². The maximum absolute atomic E-state index is 9.68. The molecule has 0 amide bonds. The number of aliphatic hydroxyl groups is 1. The van der Waals surface area contributed by atoms with Gasteiger partial charge in [-0.25, -0.2) is 4.98 Å². The molecule has 2 aromatic rings. The molecule has 4 heteroatoms. The first kappa shape index (κ1) is 11.5. The predicted molar refractivity (Wildman–Crippen MR) is 72.5 cm³/mol. The van der Waals surface area contributed by atoms with Crippen molar-refractivity contribution in [1.82, 2.24) is 9.55 Å². The molecule has 1 saturated carbocycles. The Morgan fingerprint density at radius 3 is 2.72 bits per heavy atom. The highest BCUT2D eigenvalue weighted by Gasteiger charge is 2.46. The molecule has 3 N–H and O–H groups in total. The molecule has 0 radical (unpaired) electrons. The second-order valence-corrected chi connectivity index (χ2v) is 5.59. The average molecular weight is 245 g/mol. The molecule has 3 rings (SSSR count). The largest absolute Gasteiger partial charge is 0.399 e. The van der Waals surface area contributed by atoms with Crippen molar-refractivity contribution in [3.63, 3.8) is 0 Å². The van der Waals surface area contributed by atoms with Crippen LogP contribution in [0.5, 0.6) is 0 Å². The summed E-state index contributed by atoms with van der Waals surface area (Å²) in [7, 11) is 0. The smallest absolute Gasteiger partial charge is 0.113 e. The molecule has 0 saturated heterocycles. The topological polar surface area (TPSA) is 64.1 Å². The second kappa shape index (κ2) is 3.72. The summed E-state index contributed by atoms with van der Waals surface area (Å²) in [6, 6.07) is 5.82. The fraction of sp³-hybridized carbons (Fsp3) is 0.500.